The molecular weight excluding hydrogens is 190 g/mol. The fourth-order valence-electron chi connectivity index (χ4n) is 1.14. The number of anilines is 1. The fraction of sp³-hybridized carbons (Fsp3) is 0.273. The molecule has 0 atom stereocenters. The van der Waals surface area contributed by atoms with Gasteiger partial charge in [-0.25, -0.2) is 0 Å². The Bertz CT molecular complexity index is 418. The first-order chi connectivity index (χ1) is 7.04. The zero-order valence-electron chi connectivity index (χ0n) is 8.82. The van der Waals surface area contributed by atoms with Crippen LogP contribution in [-0.4, -0.2) is 24.9 Å². The molecule has 0 bridgehead atoms. The highest BCUT2D eigenvalue weighted by molar-refractivity contribution is 5.78. The number of nitrogens with zero attached hydrogens (tertiary/aromatic N) is 2. The van der Waals surface area contributed by atoms with Crippen LogP contribution in [0.15, 0.2) is 18.2 Å². The Morgan fingerprint density at radius 1 is 1.53 bits per heavy atom. The lowest BCUT2D eigenvalue weighted by Gasteiger charge is -2.10. The van der Waals surface area contributed by atoms with Gasteiger partial charge in [0.05, 0.1) is 12.0 Å². The molecule has 0 aliphatic rings. The Balaban J connectivity index is 2.89. The molecular formula is C11H13N3O. The van der Waals surface area contributed by atoms with Crippen LogP contribution in [0.5, 0.6) is 0 Å². The van der Waals surface area contributed by atoms with Gasteiger partial charge in [-0.15, -0.1) is 0 Å². The Morgan fingerprint density at radius 2 is 2.20 bits per heavy atom. The highest BCUT2D eigenvalue weighted by Crippen LogP contribution is 2.13. The number of rotatable bonds is 2. The van der Waals surface area contributed by atoms with Crippen molar-refractivity contribution >= 4 is 11.6 Å². The molecule has 78 valence electrons. The zero-order valence-corrected chi connectivity index (χ0v) is 8.82. The van der Waals surface area contributed by atoms with Gasteiger partial charge in [0, 0.05) is 19.8 Å². The number of amides is 1. The summed E-state index contributed by atoms with van der Waals surface area (Å²) in [5.74, 6) is 0.00339. The number of carbonyl (C=O) groups is 1. The number of hydrogen-bond acceptors (Lipinski definition) is 3. The zero-order chi connectivity index (χ0) is 11.4. The van der Waals surface area contributed by atoms with Crippen LogP contribution < -0.4 is 5.73 Å². The van der Waals surface area contributed by atoms with E-state index < -0.39 is 0 Å². The van der Waals surface area contributed by atoms with E-state index in [1.807, 2.05) is 6.07 Å². The average molecular weight is 203 g/mol. The van der Waals surface area contributed by atoms with Crippen LogP contribution in [-0.2, 0) is 11.2 Å². The molecule has 4 nitrogen and oxygen atoms in total. The lowest BCUT2D eigenvalue weighted by molar-refractivity contribution is -0.127. The van der Waals surface area contributed by atoms with Gasteiger partial charge < -0.3 is 10.6 Å². The molecule has 0 heterocycles. The highest BCUT2D eigenvalue weighted by atomic mass is 16.2. The summed E-state index contributed by atoms with van der Waals surface area (Å²) in [6.45, 7) is 0. The number of benzene rings is 1. The molecule has 1 rings (SSSR count). The number of carbonyl (C=O) groups excluding carboxylic acids is 1. The van der Waals surface area contributed by atoms with Gasteiger partial charge in [0.25, 0.3) is 0 Å². The van der Waals surface area contributed by atoms with E-state index >= 15 is 0 Å². The summed E-state index contributed by atoms with van der Waals surface area (Å²) in [7, 11) is 3.40. The van der Waals surface area contributed by atoms with Crippen LogP contribution in [0.3, 0.4) is 0 Å². The maximum absolute atomic E-state index is 11.4. The van der Waals surface area contributed by atoms with Crippen molar-refractivity contribution in [1.29, 1.82) is 5.26 Å². The van der Waals surface area contributed by atoms with Crippen LogP contribution in [0.4, 0.5) is 5.69 Å². The van der Waals surface area contributed by atoms with Gasteiger partial charge in [0.2, 0.25) is 5.91 Å². The largest absolute Gasteiger partial charge is 0.398 e. The second kappa shape index (κ2) is 4.47. The maximum atomic E-state index is 11.4. The van der Waals surface area contributed by atoms with Gasteiger partial charge in [0.15, 0.2) is 0 Å². The molecule has 0 saturated heterocycles. The van der Waals surface area contributed by atoms with Crippen molar-refractivity contribution in [3.63, 3.8) is 0 Å². The Kier molecular flexibility index (Phi) is 3.29. The Hall–Kier alpha value is -2.02. The van der Waals surface area contributed by atoms with E-state index in [0.29, 0.717) is 17.7 Å². The van der Waals surface area contributed by atoms with E-state index in [-0.39, 0.29) is 5.91 Å². The molecule has 1 aromatic rings. The SMILES string of the molecule is CN(C)C(=O)Cc1ccc(N)c(C#N)c1. The first-order valence-electron chi connectivity index (χ1n) is 4.53. The summed E-state index contributed by atoms with van der Waals surface area (Å²) in [4.78, 5) is 12.9. The first kappa shape index (κ1) is 11.1. The number of nitrogen functional groups attached to an aromatic ring is 1. The average Bonchev–Trinajstić information content (AvgIpc) is 2.20. The number of likely N-dealkylation sites (N-methyl/N-ethyl adjacent to an activating group) is 1. The Labute approximate surface area is 88.9 Å². The van der Waals surface area contributed by atoms with Gasteiger partial charge in [-0.3, -0.25) is 4.79 Å². The van der Waals surface area contributed by atoms with E-state index in [1.165, 1.54) is 4.90 Å². The van der Waals surface area contributed by atoms with Crippen LogP contribution in [0.25, 0.3) is 0 Å². The molecule has 1 amide bonds. The van der Waals surface area contributed by atoms with E-state index in [4.69, 9.17) is 11.0 Å². The minimum absolute atomic E-state index is 0.00339. The topological polar surface area (TPSA) is 70.1 Å². The van der Waals surface area contributed by atoms with Gasteiger partial charge in [-0.05, 0) is 17.7 Å². The van der Waals surface area contributed by atoms with Crippen molar-refractivity contribution in [2.45, 2.75) is 6.42 Å². The first-order valence-corrected chi connectivity index (χ1v) is 4.53. The van der Waals surface area contributed by atoms with E-state index in [0.717, 1.165) is 5.56 Å². The van der Waals surface area contributed by atoms with E-state index in [9.17, 15) is 4.79 Å². The minimum Gasteiger partial charge on any atom is -0.398 e. The fourth-order valence-corrected chi connectivity index (χ4v) is 1.14. The third-order valence-corrected chi connectivity index (χ3v) is 2.09. The third-order valence-electron chi connectivity index (χ3n) is 2.09. The molecule has 0 aliphatic heterocycles. The standard InChI is InChI=1S/C11H13N3O/c1-14(2)11(15)6-8-3-4-10(13)9(5-8)7-12/h3-5H,6,13H2,1-2H3. The van der Waals surface area contributed by atoms with Crippen LogP contribution >= 0.6 is 0 Å². The van der Waals surface area contributed by atoms with Crippen molar-refractivity contribution in [2.24, 2.45) is 0 Å². The number of nitrogens with two attached hydrogens (primary N) is 1. The van der Waals surface area contributed by atoms with Crippen LogP contribution in [0.2, 0.25) is 0 Å². The summed E-state index contributed by atoms with van der Waals surface area (Å²) < 4.78 is 0. The normalized spacial score (nSPS) is 9.40. The van der Waals surface area contributed by atoms with Gasteiger partial charge >= 0.3 is 0 Å². The molecule has 15 heavy (non-hydrogen) atoms. The van der Waals surface area contributed by atoms with Gasteiger partial charge in [-0.1, -0.05) is 6.07 Å². The van der Waals surface area contributed by atoms with Crippen molar-refractivity contribution < 1.29 is 4.79 Å². The molecule has 0 spiro atoms. The molecule has 0 radical (unpaired) electrons. The van der Waals surface area contributed by atoms with Gasteiger partial charge in [0.1, 0.15) is 6.07 Å². The quantitative estimate of drug-likeness (QED) is 0.722. The summed E-state index contributed by atoms with van der Waals surface area (Å²) >= 11 is 0. The third kappa shape index (κ3) is 2.71. The molecule has 0 aromatic heterocycles. The molecule has 0 unspecified atom stereocenters. The molecule has 2 N–H and O–H groups in total. The predicted molar refractivity (Wildman–Crippen MR) is 58.0 cm³/mol. The summed E-state index contributed by atoms with van der Waals surface area (Å²) in [5, 5.41) is 8.76. The molecule has 0 fully saturated rings. The summed E-state index contributed by atoms with van der Waals surface area (Å²) in [5.41, 5.74) is 7.24. The van der Waals surface area contributed by atoms with Crippen molar-refractivity contribution in [3.8, 4) is 6.07 Å². The highest BCUT2D eigenvalue weighted by Gasteiger charge is 2.07. The molecule has 0 aliphatic carbocycles. The van der Waals surface area contributed by atoms with Crippen molar-refractivity contribution in [2.75, 3.05) is 19.8 Å². The lowest BCUT2D eigenvalue weighted by atomic mass is 10.1. The minimum atomic E-state index is 0.00339. The molecule has 4 heteroatoms. The molecule has 0 saturated carbocycles. The molecule has 1 aromatic carbocycles. The Morgan fingerprint density at radius 3 is 2.73 bits per heavy atom. The van der Waals surface area contributed by atoms with Gasteiger partial charge in [-0.2, -0.15) is 5.26 Å². The monoisotopic (exact) mass is 203 g/mol. The summed E-state index contributed by atoms with van der Waals surface area (Å²) in [6.07, 6.45) is 0.294. The van der Waals surface area contributed by atoms with Crippen molar-refractivity contribution in [1.82, 2.24) is 4.90 Å². The van der Waals surface area contributed by atoms with Crippen molar-refractivity contribution in [3.05, 3.63) is 29.3 Å². The lowest BCUT2D eigenvalue weighted by Crippen LogP contribution is -2.23. The second-order valence-corrected chi connectivity index (χ2v) is 3.50. The smallest absolute Gasteiger partial charge is 0.226 e. The predicted octanol–water partition coefficient (Wildman–Crippen LogP) is 0.771. The number of hydrogen-bond donors (Lipinski definition) is 1. The second-order valence-electron chi connectivity index (χ2n) is 3.50. The van der Waals surface area contributed by atoms with Crippen LogP contribution in [0.1, 0.15) is 11.1 Å². The van der Waals surface area contributed by atoms with E-state index in [1.54, 1.807) is 32.3 Å². The van der Waals surface area contributed by atoms with Crippen LogP contribution in [0, 0.1) is 11.3 Å². The summed E-state index contributed by atoms with van der Waals surface area (Å²) in [6, 6.07) is 7.05. The maximum Gasteiger partial charge on any atom is 0.226 e. The number of nitriles is 1. The van der Waals surface area contributed by atoms with E-state index in [2.05, 4.69) is 0 Å².